The fraction of sp³-hybridized carbons (Fsp3) is 0.429. The van der Waals surface area contributed by atoms with Crippen molar-refractivity contribution in [2.75, 3.05) is 25.1 Å². The van der Waals surface area contributed by atoms with Crippen LogP contribution in [0.4, 0.5) is 32.0 Å². The van der Waals surface area contributed by atoms with Crippen molar-refractivity contribution >= 4 is 34.5 Å². The minimum Gasteiger partial charge on any atom is -0.491 e. The van der Waals surface area contributed by atoms with Crippen LogP contribution in [0.25, 0.3) is 5.65 Å². The minimum absolute atomic E-state index is 0.299. The van der Waals surface area contributed by atoms with E-state index in [-0.39, 0.29) is 5.69 Å². The Labute approximate surface area is 208 Å². The molecule has 3 aromatic heterocycles. The molecular weight excluding hydrogens is 534 g/mol. The standard InChI is InChI=1S/C19H17F3N4O3S.C2HF3O2/c1-2-29-14-3-15-23-12(16-9-6-28-7-10(9)16)5-26(15)4-11(14)24-17(27)13-8-30-18(25-13)19(20,21)22;3-2(4,5)1(6)7/h3-5,8-10,16H,2,6-7H2,1H3,(H,24,27);(H,6,7). The van der Waals surface area contributed by atoms with Crippen LogP contribution in [-0.2, 0) is 15.7 Å². The summed E-state index contributed by atoms with van der Waals surface area (Å²) in [6.07, 6.45) is -6.10. The quantitative estimate of drug-likeness (QED) is 0.450. The Balaban J connectivity index is 0.000000405. The fourth-order valence-electron chi connectivity index (χ4n) is 3.94. The summed E-state index contributed by atoms with van der Waals surface area (Å²) in [6, 6.07) is 1.71. The molecule has 0 bridgehead atoms. The summed E-state index contributed by atoms with van der Waals surface area (Å²) in [7, 11) is 0. The Bertz CT molecular complexity index is 1310. The number of ether oxygens (including phenoxy) is 2. The van der Waals surface area contributed by atoms with Crippen molar-refractivity contribution in [2.24, 2.45) is 11.8 Å². The number of nitrogens with zero attached hydrogens (tertiary/aromatic N) is 3. The molecule has 5 rings (SSSR count). The van der Waals surface area contributed by atoms with E-state index < -0.39 is 29.2 Å². The second kappa shape index (κ2) is 9.81. The number of anilines is 1. The Morgan fingerprint density at radius 3 is 2.38 bits per heavy atom. The third-order valence-corrected chi connectivity index (χ3v) is 6.52. The Kier molecular flexibility index (Phi) is 7.07. The van der Waals surface area contributed by atoms with Gasteiger partial charge in [-0.1, -0.05) is 0 Å². The van der Waals surface area contributed by atoms with E-state index in [0.717, 1.165) is 24.3 Å². The SMILES string of the molecule is CCOc1cc2nc(C3C4COCC43)cn2cc1NC(=O)c1csc(C(F)(F)F)n1.O=C(O)C(F)(F)F. The van der Waals surface area contributed by atoms with Crippen LogP contribution in [-0.4, -0.2) is 57.3 Å². The first kappa shape index (κ1) is 26.7. The first-order valence-electron chi connectivity index (χ1n) is 10.7. The number of carbonyl (C=O) groups excluding carboxylic acids is 1. The highest BCUT2D eigenvalue weighted by Crippen LogP contribution is 2.57. The lowest BCUT2D eigenvalue weighted by Crippen LogP contribution is -2.21. The van der Waals surface area contributed by atoms with Crippen LogP contribution < -0.4 is 10.1 Å². The summed E-state index contributed by atoms with van der Waals surface area (Å²) >= 11 is 0.380. The lowest BCUT2D eigenvalue weighted by molar-refractivity contribution is -0.192. The highest BCUT2D eigenvalue weighted by atomic mass is 32.1. The Morgan fingerprint density at radius 2 is 1.84 bits per heavy atom. The normalized spacial score (nSPS) is 20.7. The smallest absolute Gasteiger partial charge is 0.490 e. The second-order valence-electron chi connectivity index (χ2n) is 8.10. The topological polar surface area (TPSA) is 115 Å². The highest BCUT2D eigenvalue weighted by molar-refractivity contribution is 7.10. The number of hydrogen-bond acceptors (Lipinski definition) is 7. The van der Waals surface area contributed by atoms with Crippen molar-refractivity contribution in [1.29, 1.82) is 0 Å². The van der Waals surface area contributed by atoms with Gasteiger partial charge in [-0.15, -0.1) is 11.3 Å². The largest absolute Gasteiger partial charge is 0.491 e. The van der Waals surface area contributed by atoms with Gasteiger partial charge in [-0.25, -0.2) is 14.8 Å². The third kappa shape index (κ3) is 5.79. The van der Waals surface area contributed by atoms with E-state index >= 15 is 0 Å². The molecule has 200 valence electrons. The number of aliphatic carboxylic acids is 1. The number of carboxylic acid groups (broad SMARTS) is 1. The summed E-state index contributed by atoms with van der Waals surface area (Å²) in [5.74, 6) is -1.71. The maximum Gasteiger partial charge on any atom is 0.490 e. The molecule has 1 saturated heterocycles. The molecule has 2 unspecified atom stereocenters. The van der Waals surface area contributed by atoms with E-state index in [1.807, 2.05) is 6.20 Å². The van der Waals surface area contributed by atoms with Crippen LogP contribution in [0.5, 0.6) is 5.75 Å². The maximum atomic E-state index is 12.8. The van der Waals surface area contributed by atoms with Crippen LogP contribution in [0.15, 0.2) is 23.8 Å². The summed E-state index contributed by atoms with van der Waals surface area (Å²) in [4.78, 5) is 29.5. The van der Waals surface area contributed by atoms with Gasteiger partial charge in [0.25, 0.3) is 5.91 Å². The molecule has 1 amide bonds. The van der Waals surface area contributed by atoms with Crippen molar-refractivity contribution in [3.8, 4) is 5.75 Å². The maximum absolute atomic E-state index is 12.8. The van der Waals surface area contributed by atoms with Crippen LogP contribution in [0.2, 0.25) is 0 Å². The number of carbonyl (C=O) groups is 2. The van der Waals surface area contributed by atoms with Gasteiger partial charge in [-0.05, 0) is 18.8 Å². The van der Waals surface area contributed by atoms with E-state index in [9.17, 15) is 31.1 Å². The number of hydrogen-bond donors (Lipinski definition) is 2. The molecule has 2 aliphatic rings. The lowest BCUT2D eigenvalue weighted by atomic mass is 10.2. The number of nitrogens with one attached hydrogen (secondary N) is 1. The number of imidazole rings is 1. The molecule has 0 radical (unpaired) electrons. The van der Waals surface area contributed by atoms with Crippen LogP contribution in [0, 0.1) is 11.8 Å². The molecule has 37 heavy (non-hydrogen) atoms. The number of amides is 1. The molecule has 1 saturated carbocycles. The van der Waals surface area contributed by atoms with Gasteiger partial charge in [0.05, 0.1) is 25.5 Å². The summed E-state index contributed by atoms with van der Waals surface area (Å²) in [6.45, 7) is 3.66. The van der Waals surface area contributed by atoms with E-state index in [1.54, 1.807) is 23.6 Å². The number of alkyl halides is 6. The molecule has 9 nitrogen and oxygen atoms in total. The van der Waals surface area contributed by atoms with Crippen LogP contribution in [0.3, 0.4) is 0 Å². The van der Waals surface area contributed by atoms with Gasteiger partial charge in [-0.3, -0.25) is 4.79 Å². The zero-order valence-corrected chi connectivity index (χ0v) is 19.6. The van der Waals surface area contributed by atoms with Gasteiger partial charge in [0.1, 0.15) is 22.8 Å². The number of pyridine rings is 1. The average molecular weight is 552 g/mol. The second-order valence-corrected chi connectivity index (χ2v) is 8.96. The predicted octanol–water partition coefficient (Wildman–Crippen LogP) is 4.45. The molecule has 4 heterocycles. The zero-order chi connectivity index (χ0) is 27.1. The van der Waals surface area contributed by atoms with Crippen molar-refractivity contribution < 1.29 is 50.5 Å². The van der Waals surface area contributed by atoms with Crippen LogP contribution >= 0.6 is 11.3 Å². The summed E-state index contributed by atoms with van der Waals surface area (Å²) < 4.78 is 82.9. The molecule has 16 heteroatoms. The minimum atomic E-state index is -5.08. The van der Waals surface area contributed by atoms with Crippen molar-refractivity contribution in [3.63, 3.8) is 0 Å². The monoisotopic (exact) mass is 552 g/mol. The highest BCUT2D eigenvalue weighted by Gasteiger charge is 2.55. The van der Waals surface area contributed by atoms with E-state index in [2.05, 4.69) is 15.3 Å². The molecule has 0 aromatic carbocycles. The van der Waals surface area contributed by atoms with Crippen molar-refractivity contribution in [1.82, 2.24) is 14.4 Å². The van der Waals surface area contributed by atoms with Gasteiger partial charge >= 0.3 is 18.3 Å². The number of halogens is 6. The molecule has 0 spiro atoms. The first-order chi connectivity index (χ1) is 17.3. The van der Waals surface area contributed by atoms with Gasteiger partial charge in [0, 0.05) is 29.8 Å². The molecule has 3 aromatic rings. The van der Waals surface area contributed by atoms with Crippen LogP contribution in [0.1, 0.15) is 34.0 Å². The van der Waals surface area contributed by atoms with Crippen molar-refractivity contribution in [3.05, 3.63) is 40.2 Å². The number of rotatable bonds is 5. The number of thiazole rings is 1. The molecule has 2 fully saturated rings. The zero-order valence-electron chi connectivity index (χ0n) is 18.8. The van der Waals surface area contributed by atoms with E-state index in [0.29, 0.717) is 52.8 Å². The molecule has 1 aliphatic carbocycles. The number of fused-ring (bicyclic) bond motifs is 2. The molecule has 2 N–H and O–H groups in total. The average Bonchev–Trinajstić information content (AvgIpc) is 3.27. The number of carboxylic acids is 1. The first-order valence-corrected chi connectivity index (χ1v) is 11.5. The Morgan fingerprint density at radius 1 is 1.19 bits per heavy atom. The van der Waals surface area contributed by atoms with Gasteiger partial charge in [0.15, 0.2) is 5.01 Å². The third-order valence-electron chi connectivity index (χ3n) is 5.64. The van der Waals surface area contributed by atoms with E-state index in [1.165, 1.54) is 0 Å². The lowest BCUT2D eigenvalue weighted by Gasteiger charge is -2.11. The number of aromatic nitrogens is 3. The molecule has 2 atom stereocenters. The van der Waals surface area contributed by atoms with Gasteiger partial charge in [-0.2, -0.15) is 26.3 Å². The Hall–Kier alpha value is -3.40. The van der Waals surface area contributed by atoms with Gasteiger partial charge in [0.2, 0.25) is 0 Å². The molecule has 1 aliphatic heterocycles. The summed E-state index contributed by atoms with van der Waals surface area (Å²) in [5, 5.41) is 9.75. The molecular formula is C21H18F6N4O5S. The summed E-state index contributed by atoms with van der Waals surface area (Å²) in [5.41, 5.74) is 1.67. The van der Waals surface area contributed by atoms with E-state index in [4.69, 9.17) is 19.4 Å². The van der Waals surface area contributed by atoms with Crippen molar-refractivity contribution in [2.45, 2.75) is 25.2 Å². The van der Waals surface area contributed by atoms with Gasteiger partial charge < -0.3 is 24.3 Å². The fourth-order valence-corrected chi connectivity index (χ4v) is 4.61. The predicted molar refractivity (Wildman–Crippen MR) is 116 cm³/mol.